The summed E-state index contributed by atoms with van der Waals surface area (Å²) in [5.41, 5.74) is 0. The molecule has 1 aromatic rings. The maximum absolute atomic E-state index is 12.1. The monoisotopic (exact) mass is 270 g/mol. The van der Waals surface area contributed by atoms with Gasteiger partial charge in [-0.25, -0.2) is 0 Å². The first-order chi connectivity index (χ1) is 8.56. The number of likely N-dealkylation sites (tertiary alicyclic amines) is 1. The zero-order valence-corrected chi connectivity index (χ0v) is 11.6. The summed E-state index contributed by atoms with van der Waals surface area (Å²) < 4.78 is 5.14. The number of furan rings is 1. The van der Waals surface area contributed by atoms with E-state index in [0.29, 0.717) is 11.7 Å². The van der Waals surface area contributed by atoms with E-state index in [9.17, 15) is 4.79 Å². The van der Waals surface area contributed by atoms with Crippen LogP contribution in [0.2, 0.25) is 5.22 Å². The van der Waals surface area contributed by atoms with E-state index in [1.54, 1.807) is 17.0 Å². The van der Waals surface area contributed by atoms with Gasteiger partial charge < -0.3 is 14.2 Å². The highest BCUT2D eigenvalue weighted by Crippen LogP contribution is 2.19. The van der Waals surface area contributed by atoms with Gasteiger partial charge in [-0.3, -0.25) is 4.79 Å². The molecule has 18 heavy (non-hydrogen) atoms. The molecule has 1 fully saturated rings. The van der Waals surface area contributed by atoms with Crippen molar-refractivity contribution in [1.82, 2.24) is 9.80 Å². The summed E-state index contributed by atoms with van der Waals surface area (Å²) in [6.07, 6.45) is 2.29. The summed E-state index contributed by atoms with van der Waals surface area (Å²) in [5.74, 6) is 0.803. The Kier molecular flexibility index (Phi) is 4.30. The number of carbonyl (C=O) groups excluding carboxylic acids is 1. The number of hydrogen-bond donors (Lipinski definition) is 0. The molecule has 2 rings (SSSR count). The standard InChI is InChI=1S/C13H19ClN2O2/c1-15-7-5-10(6-8-15)9-16(2)13(17)11-3-4-12(14)18-11/h3-4,10H,5-9H2,1-2H3. The molecule has 0 N–H and O–H groups in total. The minimum atomic E-state index is -0.0965. The van der Waals surface area contributed by atoms with Gasteiger partial charge in [0.15, 0.2) is 11.0 Å². The normalized spacial score (nSPS) is 17.9. The molecule has 0 unspecified atom stereocenters. The maximum atomic E-state index is 12.1. The lowest BCUT2D eigenvalue weighted by atomic mass is 9.96. The minimum absolute atomic E-state index is 0.0965. The molecule has 5 heteroatoms. The van der Waals surface area contributed by atoms with Crippen molar-refractivity contribution in [1.29, 1.82) is 0 Å². The first kappa shape index (κ1) is 13.4. The third-order valence-corrected chi connectivity index (χ3v) is 3.70. The third-order valence-electron chi connectivity index (χ3n) is 3.50. The van der Waals surface area contributed by atoms with Crippen LogP contribution in [0.4, 0.5) is 0 Å². The highest BCUT2D eigenvalue weighted by Gasteiger charge is 2.22. The van der Waals surface area contributed by atoms with Crippen LogP contribution >= 0.6 is 11.6 Å². The van der Waals surface area contributed by atoms with Gasteiger partial charge in [0.05, 0.1) is 0 Å². The van der Waals surface area contributed by atoms with E-state index in [0.717, 1.165) is 32.5 Å². The molecule has 1 saturated heterocycles. The molecule has 0 radical (unpaired) electrons. The second-order valence-corrected chi connectivity index (χ2v) is 5.41. The van der Waals surface area contributed by atoms with E-state index in [4.69, 9.17) is 16.0 Å². The lowest BCUT2D eigenvalue weighted by molar-refractivity contribution is 0.0716. The average Bonchev–Trinajstić information content (AvgIpc) is 2.78. The molecule has 0 spiro atoms. The molecule has 100 valence electrons. The number of rotatable bonds is 3. The Hall–Kier alpha value is -1.00. The molecule has 1 aromatic heterocycles. The topological polar surface area (TPSA) is 36.7 Å². The van der Waals surface area contributed by atoms with Crippen LogP contribution in [0.1, 0.15) is 23.4 Å². The van der Waals surface area contributed by atoms with E-state index in [2.05, 4.69) is 11.9 Å². The van der Waals surface area contributed by atoms with Crippen LogP contribution < -0.4 is 0 Å². The summed E-state index contributed by atoms with van der Waals surface area (Å²) in [7, 11) is 3.95. The number of nitrogens with zero attached hydrogens (tertiary/aromatic N) is 2. The van der Waals surface area contributed by atoms with Gasteiger partial charge in [-0.2, -0.15) is 0 Å². The van der Waals surface area contributed by atoms with Gasteiger partial charge in [0.2, 0.25) is 0 Å². The van der Waals surface area contributed by atoms with Crippen molar-refractivity contribution in [2.45, 2.75) is 12.8 Å². The van der Waals surface area contributed by atoms with Gasteiger partial charge in [-0.1, -0.05) is 0 Å². The van der Waals surface area contributed by atoms with Crippen LogP contribution in [0, 0.1) is 5.92 Å². The number of amides is 1. The first-order valence-corrected chi connectivity index (χ1v) is 6.63. The van der Waals surface area contributed by atoms with Crippen LogP contribution in [0.5, 0.6) is 0 Å². The van der Waals surface area contributed by atoms with Gasteiger partial charge in [-0.15, -0.1) is 0 Å². The predicted molar refractivity (Wildman–Crippen MR) is 70.9 cm³/mol. The largest absolute Gasteiger partial charge is 0.440 e. The number of hydrogen-bond acceptors (Lipinski definition) is 3. The smallest absolute Gasteiger partial charge is 0.289 e. The molecule has 1 aliphatic heterocycles. The average molecular weight is 271 g/mol. The van der Waals surface area contributed by atoms with Gasteiger partial charge in [0.1, 0.15) is 0 Å². The molecular formula is C13H19ClN2O2. The Morgan fingerprint density at radius 2 is 2.17 bits per heavy atom. The molecular weight excluding hydrogens is 252 g/mol. The third kappa shape index (κ3) is 3.27. The van der Waals surface area contributed by atoms with Crippen molar-refractivity contribution < 1.29 is 9.21 Å². The van der Waals surface area contributed by atoms with Gasteiger partial charge in [0, 0.05) is 13.6 Å². The highest BCUT2D eigenvalue weighted by molar-refractivity contribution is 6.29. The van der Waals surface area contributed by atoms with Crippen LogP contribution in [0.25, 0.3) is 0 Å². The van der Waals surface area contributed by atoms with Crippen molar-refractivity contribution in [2.24, 2.45) is 5.92 Å². The lowest BCUT2D eigenvalue weighted by Gasteiger charge is -2.31. The quantitative estimate of drug-likeness (QED) is 0.846. The fraction of sp³-hybridized carbons (Fsp3) is 0.615. The summed E-state index contributed by atoms with van der Waals surface area (Å²) in [4.78, 5) is 16.1. The summed E-state index contributed by atoms with van der Waals surface area (Å²) in [6, 6.07) is 3.22. The Labute approximate surface area is 112 Å². The van der Waals surface area contributed by atoms with E-state index in [1.807, 2.05) is 7.05 Å². The van der Waals surface area contributed by atoms with E-state index in [1.165, 1.54) is 0 Å². The summed E-state index contributed by atoms with van der Waals surface area (Å²) in [6.45, 7) is 3.00. The minimum Gasteiger partial charge on any atom is -0.440 e. The number of piperidine rings is 1. The van der Waals surface area contributed by atoms with Gasteiger partial charge in [-0.05, 0) is 62.6 Å². The Balaban J connectivity index is 1.88. The van der Waals surface area contributed by atoms with Crippen molar-refractivity contribution >= 4 is 17.5 Å². The zero-order valence-electron chi connectivity index (χ0n) is 10.9. The van der Waals surface area contributed by atoms with Crippen molar-refractivity contribution in [3.05, 3.63) is 23.1 Å². The molecule has 0 bridgehead atoms. The second kappa shape index (κ2) is 5.76. The summed E-state index contributed by atoms with van der Waals surface area (Å²) in [5, 5.41) is 0.256. The van der Waals surface area contributed by atoms with E-state index < -0.39 is 0 Å². The second-order valence-electron chi connectivity index (χ2n) is 5.04. The van der Waals surface area contributed by atoms with Gasteiger partial charge in [0.25, 0.3) is 5.91 Å². The van der Waals surface area contributed by atoms with Crippen molar-refractivity contribution in [3.8, 4) is 0 Å². The van der Waals surface area contributed by atoms with Crippen LogP contribution in [-0.2, 0) is 0 Å². The Morgan fingerprint density at radius 1 is 1.50 bits per heavy atom. The Morgan fingerprint density at radius 3 is 2.72 bits per heavy atom. The molecule has 0 aliphatic carbocycles. The molecule has 1 amide bonds. The fourth-order valence-electron chi connectivity index (χ4n) is 2.33. The zero-order chi connectivity index (χ0) is 13.1. The summed E-state index contributed by atoms with van der Waals surface area (Å²) >= 11 is 5.67. The van der Waals surface area contributed by atoms with Crippen LogP contribution in [-0.4, -0.2) is 49.4 Å². The molecule has 4 nitrogen and oxygen atoms in total. The van der Waals surface area contributed by atoms with Crippen LogP contribution in [0.15, 0.2) is 16.5 Å². The Bertz CT molecular complexity index is 411. The molecule has 0 aromatic carbocycles. The number of carbonyl (C=O) groups is 1. The van der Waals surface area contributed by atoms with Gasteiger partial charge >= 0.3 is 0 Å². The lowest BCUT2D eigenvalue weighted by Crippen LogP contribution is -2.37. The molecule has 1 aliphatic rings. The molecule has 2 heterocycles. The maximum Gasteiger partial charge on any atom is 0.289 e. The van der Waals surface area contributed by atoms with Crippen LogP contribution in [0.3, 0.4) is 0 Å². The van der Waals surface area contributed by atoms with Crippen molar-refractivity contribution in [2.75, 3.05) is 33.7 Å². The molecule has 0 saturated carbocycles. The SMILES string of the molecule is CN1CCC(CN(C)C(=O)c2ccc(Cl)o2)CC1. The number of halogens is 1. The highest BCUT2D eigenvalue weighted by atomic mass is 35.5. The van der Waals surface area contributed by atoms with E-state index >= 15 is 0 Å². The predicted octanol–water partition coefficient (Wildman–Crippen LogP) is 2.35. The fourth-order valence-corrected chi connectivity index (χ4v) is 2.48. The van der Waals surface area contributed by atoms with E-state index in [-0.39, 0.29) is 11.1 Å². The van der Waals surface area contributed by atoms with Crippen molar-refractivity contribution in [3.63, 3.8) is 0 Å². The first-order valence-electron chi connectivity index (χ1n) is 6.25. The molecule has 0 atom stereocenters.